The molecular formula is C17H18N4O3S. The van der Waals surface area contributed by atoms with Crippen molar-refractivity contribution >= 4 is 34.0 Å². The minimum Gasteiger partial charge on any atom is -0.467 e. The van der Waals surface area contributed by atoms with Crippen molar-refractivity contribution < 1.29 is 14.6 Å². The van der Waals surface area contributed by atoms with Crippen molar-refractivity contribution in [3.63, 3.8) is 0 Å². The number of nitrogens with two attached hydrogens (primary N) is 1. The zero-order chi connectivity index (χ0) is 17.4. The highest BCUT2D eigenvalue weighted by atomic mass is 32.1. The van der Waals surface area contributed by atoms with Gasteiger partial charge in [0.1, 0.15) is 6.10 Å². The molecule has 0 spiro atoms. The van der Waals surface area contributed by atoms with Crippen molar-refractivity contribution in [1.29, 1.82) is 0 Å². The van der Waals surface area contributed by atoms with E-state index in [9.17, 15) is 4.79 Å². The molecule has 0 aliphatic carbocycles. The van der Waals surface area contributed by atoms with Gasteiger partial charge in [-0.1, -0.05) is 11.3 Å². The maximum Gasteiger partial charge on any atom is 0.407 e. The highest BCUT2D eigenvalue weighted by Crippen LogP contribution is 2.28. The van der Waals surface area contributed by atoms with Gasteiger partial charge in [0.2, 0.25) is 0 Å². The van der Waals surface area contributed by atoms with Gasteiger partial charge < -0.3 is 25.0 Å². The molecule has 8 heteroatoms. The molecule has 1 aromatic carbocycles. The van der Waals surface area contributed by atoms with E-state index < -0.39 is 6.09 Å². The molecule has 3 aromatic rings. The van der Waals surface area contributed by atoms with Crippen LogP contribution in [0.2, 0.25) is 0 Å². The normalized spacial score (nSPS) is 15.6. The molecule has 7 nitrogen and oxygen atoms in total. The Labute approximate surface area is 148 Å². The Kier molecular flexibility index (Phi) is 3.96. The zero-order valence-corrected chi connectivity index (χ0v) is 14.3. The number of hydrogen-bond acceptors (Lipinski definition) is 5. The van der Waals surface area contributed by atoms with Crippen molar-refractivity contribution in [2.24, 2.45) is 0 Å². The van der Waals surface area contributed by atoms with E-state index in [2.05, 4.69) is 4.98 Å². The van der Waals surface area contributed by atoms with Crippen LogP contribution in [0, 0.1) is 0 Å². The molecule has 3 heterocycles. The van der Waals surface area contributed by atoms with Gasteiger partial charge in [0.25, 0.3) is 5.19 Å². The average molecular weight is 358 g/mol. The number of amides is 1. The quantitative estimate of drug-likeness (QED) is 0.701. The predicted octanol–water partition coefficient (Wildman–Crippen LogP) is 3.19. The first-order chi connectivity index (χ1) is 12.1. The van der Waals surface area contributed by atoms with Gasteiger partial charge in [0.05, 0.1) is 5.52 Å². The lowest BCUT2D eigenvalue weighted by Gasteiger charge is -2.29. The van der Waals surface area contributed by atoms with Gasteiger partial charge in [0.15, 0.2) is 5.82 Å². The summed E-state index contributed by atoms with van der Waals surface area (Å²) in [6.45, 7) is 1.00. The SMILES string of the molecule is Nc1ccc2c(ccn2-c2csc(OC3CCN(C(=O)O)CC3)n2)c1. The van der Waals surface area contributed by atoms with Crippen LogP contribution < -0.4 is 10.5 Å². The summed E-state index contributed by atoms with van der Waals surface area (Å²) >= 11 is 1.45. The van der Waals surface area contributed by atoms with E-state index in [1.54, 1.807) is 0 Å². The molecule has 0 unspecified atom stereocenters. The first-order valence-electron chi connectivity index (χ1n) is 8.07. The molecule has 0 saturated carbocycles. The van der Waals surface area contributed by atoms with E-state index >= 15 is 0 Å². The molecule has 2 aromatic heterocycles. The second-order valence-corrected chi connectivity index (χ2v) is 6.88. The fourth-order valence-electron chi connectivity index (χ4n) is 3.08. The van der Waals surface area contributed by atoms with Gasteiger partial charge in [-0.3, -0.25) is 0 Å². The lowest BCUT2D eigenvalue weighted by Crippen LogP contribution is -2.41. The van der Waals surface area contributed by atoms with Gasteiger partial charge in [0, 0.05) is 48.6 Å². The Bertz CT molecular complexity index is 912. The minimum atomic E-state index is -0.866. The summed E-state index contributed by atoms with van der Waals surface area (Å²) in [6.07, 6.45) is 2.49. The number of rotatable bonds is 3. The third-order valence-electron chi connectivity index (χ3n) is 4.41. The average Bonchev–Trinajstić information content (AvgIpc) is 3.21. The van der Waals surface area contributed by atoms with Crippen LogP contribution in [0.3, 0.4) is 0 Å². The van der Waals surface area contributed by atoms with E-state index in [1.807, 2.05) is 40.4 Å². The Morgan fingerprint density at radius 3 is 2.88 bits per heavy atom. The molecule has 1 fully saturated rings. The molecular weight excluding hydrogens is 340 g/mol. The summed E-state index contributed by atoms with van der Waals surface area (Å²) in [5.74, 6) is 0.808. The van der Waals surface area contributed by atoms with Gasteiger partial charge in [-0.15, -0.1) is 0 Å². The van der Waals surface area contributed by atoms with Crippen LogP contribution in [-0.4, -0.2) is 44.8 Å². The number of likely N-dealkylation sites (tertiary alicyclic amines) is 1. The Morgan fingerprint density at radius 1 is 1.32 bits per heavy atom. The van der Waals surface area contributed by atoms with E-state index in [1.165, 1.54) is 16.2 Å². The smallest absolute Gasteiger partial charge is 0.407 e. The van der Waals surface area contributed by atoms with Gasteiger partial charge in [-0.2, -0.15) is 4.98 Å². The number of carbonyl (C=O) groups is 1. The van der Waals surface area contributed by atoms with Crippen molar-refractivity contribution in [3.8, 4) is 11.0 Å². The van der Waals surface area contributed by atoms with Crippen LogP contribution >= 0.6 is 11.3 Å². The van der Waals surface area contributed by atoms with Crippen molar-refractivity contribution in [3.05, 3.63) is 35.8 Å². The molecule has 130 valence electrons. The first kappa shape index (κ1) is 15.8. The summed E-state index contributed by atoms with van der Waals surface area (Å²) in [7, 11) is 0. The second kappa shape index (κ2) is 6.29. The Morgan fingerprint density at radius 2 is 2.12 bits per heavy atom. The highest BCUT2D eigenvalue weighted by molar-refractivity contribution is 7.11. The van der Waals surface area contributed by atoms with E-state index in [0.29, 0.717) is 31.1 Å². The molecule has 25 heavy (non-hydrogen) atoms. The van der Waals surface area contributed by atoms with Crippen LogP contribution in [0.15, 0.2) is 35.8 Å². The van der Waals surface area contributed by atoms with E-state index in [4.69, 9.17) is 15.6 Å². The van der Waals surface area contributed by atoms with Gasteiger partial charge in [-0.25, -0.2) is 4.79 Å². The Balaban J connectivity index is 1.48. The number of piperidine rings is 1. The number of nitrogen functional groups attached to an aromatic ring is 1. The summed E-state index contributed by atoms with van der Waals surface area (Å²) in [5.41, 5.74) is 7.60. The first-order valence-corrected chi connectivity index (χ1v) is 8.95. The summed E-state index contributed by atoms with van der Waals surface area (Å²) < 4.78 is 7.95. The third-order valence-corrected chi connectivity index (χ3v) is 5.13. The molecule has 3 N–H and O–H groups in total. The molecule has 4 rings (SSSR count). The zero-order valence-electron chi connectivity index (χ0n) is 13.5. The fraction of sp³-hybridized carbons (Fsp3) is 0.294. The number of thiazole rings is 1. The lowest BCUT2D eigenvalue weighted by atomic mass is 10.1. The highest BCUT2D eigenvalue weighted by Gasteiger charge is 2.24. The van der Waals surface area contributed by atoms with E-state index in [-0.39, 0.29) is 6.10 Å². The van der Waals surface area contributed by atoms with E-state index in [0.717, 1.165) is 22.4 Å². The van der Waals surface area contributed by atoms with Gasteiger partial charge >= 0.3 is 6.09 Å². The van der Waals surface area contributed by atoms with Crippen molar-refractivity contribution in [2.45, 2.75) is 18.9 Å². The number of benzene rings is 1. The second-order valence-electron chi connectivity index (χ2n) is 6.06. The number of hydrogen-bond donors (Lipinski definition) is 2. The molecule has 1 amide bonds. The number of ether oxygens (including phenoxy) is 1. The largest absolute Gasteiger partial charge is 0.467 e. The predicted molar refractivity (Wildman–Crippen MR) is 96.6 cm³/mol. The fourth-order valence-corrected chi connectivity index (χ4v) is 3.79. The minimum absolute atomic E-state index is 0.0100. The molecule has 1 saturated heterocycles. The maximum absolute atomic E-state index is 10.9. The molecule has 1 aliphatic heterocycles. The lowest BCUT2D eigenvalue weighted by molar-refractivity contribution is 0.0893. The van der Waals surface area contributed by atoms with Gasteiger partial charge in [-0.05, 0) is 24.3 Å². The van der Waals surface area contributed by atoms with Crippen LogP contribution in [0.1, 0.15) is 12.8 Å². The third kappa shape index (κ3) is 3.12. The number of anilines is 1. The monoisotopic (exact) mass is 358 g/mol. The van der Waals surface area contributed by atoms with Crippen LogP contribution in [0.4, 0.5) is 10.5 Å². The van der Waals surface area contributed by atoms with Crippen LogP contribution in [0.25, 0.3) is 16.7 Å². The molecule has 0 atom stereocenters. The Hall–Kier alpha value is -2.74. The molecule has 1 aliphatic rings. The number of aromatic nitrogens is 2. The molecule has 0 bridgehead atoms. The number of nitrogens with zero attached hydrogens (tertiary/aromatic N) is 3. The van der Waals surface area contributed by atoms with Crippen LogP contribution in [-0.2, 0) is 0 Å². The van der Waals surface area contributed by atoms with Crippen molar-refractivity contribution in [2.75, 3.05) is 18.8 Å². The molecule has 0 radical (unpaired) electrons. The standard InChI is InChI=1S/C17H18N4O3S/c18-12-1-2-14-11(9-12)3-8-21(14)15-10-25-16(19-15)24-13-4-6-20(7-5-13)17(22)23/h1-3,8-10,13H,4-7,18H2,(H,22,23). The van der Waals surface area contributed by atoms with Crippen LogP contribution in [0.5, 0.6) is 5.19 Å². The summed E-state index contributed by atoms with van der Waals surface area (Å²) in [5, 5.41) is 12.6. The number of fused-ring (bicyclic) bond motifs is 1. The summed E-state index contributed by atoms with van der Waals surface area (Å²) in [4.78, 5) is 16.9. The maximum atomic E-state index is 10.9. The topological polar surface area (TPSA) is 93.6 Å². The van der Waals surface area contributed by atoms with Crippen molar-refractivity contribution in [1.82, 2.24) is 14.5 Å². The summed E-state index contributed by atoms with van der Waals surface area (Å²) in [6, 6.07) is 7.80. The number of carboxylic acid groups (broad SMARTS) is 1.